The highest BCUT2D eigenvalue weighted by Gasteiger charge is 2.19. The van der Waals surface area contributed by atoms with Gasteiger partial charge in [0.1, 0.15) is 5.69 Å². The van der Waals surface area contributed by atoms with E-state index >= 15 is 0 Å². The number of aliphatic carboxylic acids is 2. The van der Waals surface area contributed by atoms with E-state index in [0.29, 0.717) is 17.8 Å². The van der Waals surface area contributed by atoms with Crippen LogP contribution in [0.15, 0.2) is 72.8 Å². The molecule has 1 aliphatic heterocycles. The topological polar surface area (TPSA) is 120 Å². The zero-order valence-corrected chi connectivity index (χ0v) is 21.0. The van der Waals surface area contributed by atoms with Crippen molar-refractivity contribution in [3.8, 4) is 0 Å². The van der Waals surface area contributed by atoms with E-state index in [1.807, 2.05) is 36.4 Å². The van der Waals surface area contributed by atoms with Crippen LogP contribution < -0.4 is 5.32 Å². The van der Waals surface area contributed by atoms with E-state index in [4.69, 9.17) is 10.2 Å². The lowest BCUT2D eigenvalue weighted by atomic mass is 10.0. The third-order valence-electron chi connectivity index (χ3n) is 6.13. The number of hydrogen-bond donors (Lipinski definition) is 3. The van der Waals surface area contributed by atoms with Crippen LogP contribution >= 0.6 is 0 Å². The summed E-state index contributed by atoms with van der Waals surface area (Å²) < 4.78 is 0. The molecule has 1 atom stereocenters. The van der Waals surface area contributed by atoms with E-state index in [9.17, 15) is 14.4 Å². The second-order valence-corrected chi connectivity index (χ2v) is 9.03. The molecule has 0 aliphatic carbocycles. The van der Waals surface area contributed by atoms with Crippen LogP contribution in [0.3, 0.4) is 0 Å². The molecule has 2 aromatic carbocycles. The van der Waals surface area contributed by atoms with E-state index in [1.165, 1.54) is 37.9 Å². The summed E-state index contributed by atoms with van der Waals surface area (Å²) in [6.07, 6.45) is 5.92. The first-order chi connectivity index (χ1) is 17.8. The van der Waals surface area contributed by atoms with Crippen LogP contribution in [0.1, 0.15) is 53.3 Å². The van der Waals surface area contributed by atoms with Crippen molar-refractivity contribution in [1.82, 2.24) is 15.2 Å². The monoisotopic (exact) mass is 503 g/mol. The lowest BCUT2D eigenvalue weighted by Crippen LogP contribution is -2.35. The predicted molar refractivity (Wildman–Crippen MR) is 142 cm³/mol. The van der Waals surface area contributed by atoms with E-state index in [1.54, 1.807) is 0 Å². The number of likely N-dealkylation sites (tertiary alicyclic amines) is 1. The van der Waals surface area contributed by atoms with Gasteiger partial charge in [-0.3, -0.25) is 4.79 Å². The summed E-state index contributed by atoms with van der Waals surface area (Å²) in [4.78, 5) is 39.2. The molecule has 0 saturated carbocycles. The Morgan fingerprint density at radius 1 is 0.946 bits per heavy atom. The average Bonchev–Trinajstić information content (AvgIpc) is 2.90. The number of carboxylic acid groups (broad SMARTS) is 2. The molecule has 0 spiro atoms. The summed E-state index contributed by atoms with van der Waals surface area (Å²) in [6.45, 7) is 5.43. The number of benzene rings is 2. The Morgan fingerprint density at radius 3 is 2.32 bits per heavy atom. The fourth-order valence-electron chi connectivity index (χ4n) is 4.27. The van der Waals surface area contributed by atoms with Crippen LogP contribution in [0.5, 0.6) is 0 Å². The maximum atomic E-state index is 13.0. The quantitative estimate of drug-likeness (QED) is 0.384. The molecule has 8 heteroatoms. The van der Waals surface area contributed by atoms with Gasteiger partial charge in [0.2, 0.25) is 0 Å². The van der Waals surface area contributed by atoms with Gasteiger partial charge in [-0.05, 0) is 57.0 Å². The van der Waals surface area contributed by atoms with Crippen molar-refractivity contribution in [3.05, 3.63) is 89.6 Å². The van der Waals surface area contributed by atoms with Gasteiger partial charge in [0.15, 0.2) is 0 Å². The number of carboxylic acids is 2. The minimum atomic E-state index is -1.26. The van der Waals surface area contributed by atoms with E-state index in [-0.39, 0.29) is 11.9 Å². The van der Waals surface area contributed by atoms with Crippen LogP contribution in [0, 0.1) is 6.92 Å². The smallest absolute Gasteiger partial charge is 0.328 e. The lowest BCUT2D eigenvalue weighted by Gasteiger charge is -2.29. The molecular weight excluding hydrogens is 470 g/mol. The van der Waals surface area contributed by atoms with Crippen molar-refractivity contribution in [2.45, 2.75) is 38.6 Å². The summed E-state index contributed by atoms with van der Waals surface area (Å²) in [6, 6.07) is 20.1. The summed E-state index contributed by atoms with van der Waals surface area (Å²) in [5.41, 5.74) is 3.69. The van der Waals surface area contributed by atoms with Crippen LogP contribution in [0.4, 0.5) is 0 Å². The van der Waals surface area contributed by atoms with E-state index < -0.39 is 11.9 Å². The van der Waals surface area contributed by atoms with Crippen molar-refractivity contribution in [3.63, 3.8) is 0 Å². The van der Waals surface area contributed by atoms with Gasteiger partial charge in [-0.15, -0.1) is 0 Å². The molecule has 194 valence electrons. The predicted octanol–water partition coefficient (Wildman–Crippen LogP) is 4.60. The van der Waals surface area contributed by atoms with Gasteiger partial charge in [0.05, 0.1) is 11.6 Å². The average molecular weight is 504 g/mol. The third kappa shape index (κ3) is 9.16. The van der Waals surface area contributed by atoms with Crippen molar-refractivity contribution in [2.75, 3.05) is 19.6 Å². The van der Waals surface area contributed by atoms with Gasteiger partial charge in [0.25, 0.3) is 5.91 Å². The van der Waals surface area contributed by atoms with Gasteiger partial charge in [0, 0.05) is 24.1 Å². The van der Waals surface area contributed by atoms with Gasteiger partial charge < -0.3 is 20.4 Å². The standard InChI is InChI=1S/C25H29N3O.C4H4O4/c1-19-8-7-10-21(18-19)23(14-17-28-15-5-2-6-16-28)27-25(29)24-13-12-20-9-3-4-11-22(20)26-24;5-3(6)1-2-4(7)8/h3-4,7-13,18,23H,2,5-6,14-17H2,1H3,(H,27,29);1-2H,(H,5,6)(H,7,8)/b;2-1+. The third-order valence-corrected chi connectivity index (χ3v) is 6.13. The first-order valence-electron chi connectivity index (χ1n) is 12.4. The number of aromatic nitrogens is 1. The van der Waals surface area contributed by atoms with Gasteiger partial charge in [-0.2, -0.15) is 0 Å². The highest BCUT2D eigenvalue weighted by atomic mass is 16.4. The first-order valence-corrected chi connectivity index (χ1v) is 12.4. The number of rotatable bonds is 8. The van der Waals surface area contributed by atoms with Crippen molar-refractivity contribution in [2.24, 2.45) is 0 Å². The number of para-hydroxylation sites is 1. The molecule has 3 aromatic rings. The number of piperidine rings is 1. The molecule has 0 bridgehead atoms. The molecule has 1 amide bonds. The number of amides is 1. The zero-order chi connectivity index (χ0) is 26.6. The number of aryl methyl sites for hydroxylation is 1. The fraction of sp³-hybridized carbons (Fsp3) is 0.310. The highest BCUT2D eigenvalue weighted by molar-refractivity contribution is 5.95. The minimum Gasteiger partial charge on any atom is -0.478 e. The molecule has 8 nitrogen and oxygen atoms in total. The Hall–Kier alpha value is -4.04. The molecule has 1 unspecified atom stereocenters. The van der Waals surface area contributed by atoms with Gasteiger partial charge >= 0.3 is 11.9 Å². The molecule has 0 radical (unpaired) electrons. The Labute approximate surface area is 216 Å². The number of carbonyl (C=O) groups is 3. The molecule has 2 heterocycles. The Kier molecular flexibility index (Phi) is 10.3. The molecule has 1 saturated heterocycles. The largest absolute Gasteiger partial charge is 0.478 e. The molecular formula is C29H33N3O5. The van der Waals surface area contributed by atoms with Crippen molar-refractivity contribution in [1.29, 1.82) is 0 Å². The number of nitrogens with one attached hydrogen (secondary N) is 1. The molecule has 1 aliphatic rings. The molecule has 1 fully saturated rings. The Morgan fingerprint density at radius 2 is 1.65 bits per heavy atom. The molecule has 3 N–H and O–H groups in total. The minimum absolute atomic E-state index is 0.0161. The Bertz CT molecular complexity index is 1240. The molecule has 37 heavy (non-hydrogen) atoms. The zero-order valence-electron chi connectivity index (χ0n) is 21.0. The maximum Gasteiger partial charge on any atom is 0.328 e. The van der Waals surface area contributed by atoms with Gasteiger partial charge in [-0.25, -0.2) is 14.6 Å². The normalized spacial score (nSPS) is 14.5. The number of hydrogen-bond acceptors (Lipinski definition) is 5. The molecule has 1 aromatic heterocycles. The summed E-state index contributed by atoms with van der Waals surface area (Å²) >= 11 is 0. The van der Waals surface area contributed by atoms with Crippen LogP contribution in [-0.2, 0) is 9.59 Å². The summed E-state index contributed by atoms with van der Waals surface area (Å²) in [5, 5.41) is 19.9. The SMILES string of the molecule is Cc1cccc(C(CCN2CCCCC2)NC(=O)c2ccc3ccccc3n2)c1.O=C(O)/C=C/C(=O)O. The highest BCUT2D eigenvalue weighted by Crippen LogP contribution is 2.21. The van der Waals surface area contributed by atoms with Crippen molar-refractivity contribution >= 4 is 28.7 Å². The van der Waals surface area contributed by atoms with Gasteiger partial charge in [-0.1, -0.05) is 60.5 Å². The summed E-state index contributed by atoms with van der Waals surface area (Å²) in [7, 11) is 0. The second kappa shape index (κ2) is 13.9. The number of pyridine rings is 1. The first kappa shape index (κ1) is 27.5. The number of nitrogens with zero attached hydrogens (tertiary/aromatic N) is 2. The lowest BCUT2D eigenvalue weighted by molar-refractivity contribution is -0.134. The van der Waals surface area contributed by atoms with Crippen LogP contribution in [0.2, 0.25) is 0 Å². The van der Waals surface area contributed by atoms with E-state index in [2.05, 4.69) is 46.4 Å². The van der Waals surface area contributed by atoms with Crippen LogP contribution in [-0.4, -0.2) is 57.6 Å². The maximum absolute atomic E-state index is 13.0. The molecule has 4 rings (SSSR count). The number of fused-ring (bicyclic) bond motifs is 1. The fourth-order valence-corrected chi connectivity index (χ4v) is 4.27. The Balaban J connectivity index is 0.000000414. The summed E-state index contributed by atoms with van der Waals surface area (Å²) in [5.74, 6) is -2.62. The van der Waals surface area contributed by atoms with Crippen molar-refractivity contribution < 1.29 is 24.6 Å². The van der Waals surface area contributed by atoms with E-state index in [0.717, 1.165) is 29.4 Å². The second-order valence-electron chi connectivity index (χ2n) is 9.03. The van der Waals surface area contributed by atoms with Crippen LogP contribution in [0.25, 0.3) is 10.9 Å². The number of carbonyl (C=O) groups excluding carboxylic acids is 1.